The van der Waals surface area contributed by atoms with Gasteiger partial charge in [-0.1, -0.05) is 12.1 Å². The van der Waals surface area contributed by atoms with Crippen LogP contribution in [0.2, 0.25) is 0 Å². The molecule has 4 rings (SSSR count). The Balaban J connectivity index is 1.53. The summed E-state index contributed by atoms with van der Waals surface area (Å²) in [5, 5.41) is 9.86. The van der Waals surface area contributed by atoms with E-state index in [0.29, 0.717) is 15.8 Å². The number of benzene rings is 2. The third kappa shape index (κ3) is 4.51. The minimum absolute atomic E-state index is 0.129. The summed E-state index contributed by atoms with van der Waals surface area (Å²) in [7, 11) is 1.74. The molecule has 0 spiro atoms. The summed E-state index contributed by atoms with van der Waals surface area (Å²) in [5.74, 6) is 0.273. The molecule has 0 bridgehead atoms. The maximum Gasteiger partial charge on any atom is 0.416 e. The predicted octanol–water partition coefficient (Wildman–Crippen LogP) is 5.78. The molecule has 2 heterocycles. The Hall–Kier alpha value is -3.46. The van der Waals surface area contributed by atoms with Crippen molar-refractivity contribution in [3.63, 3.8) is 0 Å². The molecule has 2 aromatic carbocycles. The Kier molecular flexibility index (Phi) is 5.36. The number of amides is 1. The molecule has 1 N–H and O–H groups in total. The van der Waals surface area contributed by atoms with Crippen LogP contribution in [0.15, 0.2) is 75.0 Å². The van der Waals surface area contributed by atoms with Crippen LogP contribution in [-0.4, -0.2) is 23.2 Å². The van der Waals surface area contributed by atoms with Gasteiger partial charge in [0.25, 0.3) is 5.91 Å². The lowest BCUT2D eigenvalue weighted by Crippen LogP contribution is -2.21. The molecule has 0 radical (unpaired) electrons. The summed E-state index contributed by atoms with van der Waals surface area (Å²) in [6.45, 7) is 0. The second-order valence-electron chi connectivity index (χ2n) is 6.67. The molecule has 0 atom stereocenters. The van der Waals surface area contributed by atoms with E-state index < -0.39 is 17.6 Å². The number of phenols is 1. The van der Waals surface area contributed by atoms with E-state index in [1.54, 1.807) is 36.2 Å². The third-order valence-corrected chi connectivity index (χ3v) is 5.57. The predicted molar refractivity (Wildman–Crippen MR) is 114 cm³/mol. The Bertz CT molecular complexity index is 1200. The summed E-state index contributed by atoms with van der Waals surface area (Å²) < 4.78 is 44.5. The van der Waals surface area contributed by atoms with Gasteiger partial charge in [-0.2, -0.15) is 18.2 Å². The van der Waals surface area contributed by atoms with E-state index in [0.717, 1.165) is 29.6 Å². The van der Waals surface area contributed by atoms with Crippen molar-refractivity contribution < 1.29 is 27.5 Å². The number of carbonyl (C=O) groups is 1. The number of carbonyl (C=O) groups excluding carboxylic acids is 1. The zero-order valence-electron chi connectivity index (χ0n) is 16.1. The van der Waals surface area contributed by atoms with Crippen molar-refractivity contribution in [1.29, 1.82) is 0 Å². The van der Waals surface area contributed by atoms with E-state index >= 15 is 0 Å². The number of amidine groups is 1. The first-order valence-electron chi connectivity index (χ1n) is 9.03. The molecule has 1 amide bonds. The Morgan fingerprint density at radius 1 is 1.10 bits per heavy atom. The average Bonchev–Trinajstić information content (AvgIpc) is 3.35. The molecule has 3 aromatic rings. The quantitative estimate of drug-likeness (QED) is 0.519. The molecule has 158 valence electrons. The number of rotatable bonds is 3. The zero-order chi connectivity index (χ0) is 22.2. The number of aliphatic imine (C=N–C) groups is 1. The highest BCUT2D eigenvalue weighted by Crippen LogP contribution is 2.35. The highest BCUT2D eigenvalue weighted by Gasteiger charge is 2.30. The highest BCUT2D eigenvalue weighted by atomic mass is 32.2. The van der Waals surface area contributed by atoms with Gasteiger partial charge in [0.15, 0.2) is 5.17 Å². The van der Waals surface area contributed by atoms with Crippen molar-refractivity contribution >= 4 is 34.6 Å². The van der Waals surface area contributed by atoms with Crippen LogP contribution in [0, 0.1) is 0 Å². The molecule has 0 fully saturated rings. The average molecular weight is 444 g/mol. The van der Waals surface area contributed by atoms with Crippen LogP contribution in [0.5, 0.6) is 5.75 Å². The number of aromatic hydroxyl groups is 1. The number of alkyl halides is 3. The number of hydrogen-bond acceptors (Lipinski definition) is 5. The topological polar surface area (TPSA) is 66.0 Å². The van der Waals surface area contributed by atoms with Crippen LogP contribution in [0.4, 0.5) is 18.9 Å². The molecular weight excluding hydrogens is 429 g/mol. The van der Waals surface area contributed by atoms with E-state index in [9.17, 15) is 23.1 Å². The van der Waals surface area contributed by atoms with Gasteiger partial charge in [0.2, 0.25) is 0 Å². The molecule has 1 aliphatic heterocycles. The van der Waals surface area contributed by atoms with Crippen molar-refractivity contribution in [2.75, 3.05) is 11.9 Å². The van der Waals surface area contributed by atoms with Crippen molar-refractivity contribution in [1.82, 2.24) is 0 Å². The van der Waals surface area contributed by atoms with Gasteiger partial charge in [0, 0.05) is 24.4 Å². The van der Waals surface area contributed by atoms with Crippen LogP contribution >= 0.6 is 11.8 Å². The van der Waals surface area contributed by atoms with Gasteiger partial charge >= 0.3 is 6.18 Å². The van der Waals surface area contributed by atoms with E-state index in [-0.39, 0.29) is 17.1 Å². The van der Waals surface area contributed by atoms with Crippen LogP contribution < -0.4 is 4.90 Å². The zero-order valence-corrected chi connectivity index (χ0v) is 16.9. The first-order chi connectivity index (χ1) is 14.7. The number of hydrogen-bond donors (Lipinski definition) is 1. The Labute approximate surface area is 179 Å². The maximum atomic E-state index is 12.9. The fourth-order valence-electron chi connectivity index (χ4n) is 2.89. The van der Waals surface area contributed by atoms with Gasteiger partial charge in [0.05, 0.1) is 10.5 Å². The van der Waals surface area contributed by atoms with Gasteiger partial charge in [-0.3, -0.25) is 4.79 Å². The number of phenolic OH excluding ortho intramolecular Hbond substituents is 1. The van der Waals surface area contributed by atoms with Crippen LogP contribution in [0.3, 0.4) is 0 Å². The lowest BCUT2D eigenvalue weighted by atomic mass is 10.1. The molecule has 5 nitrogen and oxygen atoms in total. The van der Waals surface area contributed by atoms with E-state index in [4.69, 9.17) is 4.42 Å². The minimum atomic E-state index is -4.45. The summed E-state index contributed by atoms with van der Waals surface area (Å²) >= 11 is 1.15. The first kappa shape index (κ1) is 20.8. The molecule has 0 saturated heterocycles. The van der Waals surface area contributed by atoms with Crippen molar-refractivity contribution in [3.05, 3.63) is 76.9 Å². The normalized spacial score (nSPS) is 15.4. The number of halogens is 3. The molecule has 0 saturated carbocycles. The van der Waals surface area contributed by atoms with Crippen molar-refractivity contribution in [2.45, 2.75) is 6.18 Å². The van der Waals surface area contributed by atoms with Gasteiger partial charge in [-0.25, -0.2) is 0 Å². The van der Waals surface area contributed by atoms with E-state index in [1.807, 2.05) is 0 Å². The van der Waals surface area contributed by atoms with Gasteiger partial charge < -0.3 is 14.4 Å². The molecule has 0 aliphatic carbocycles. The van der Waals surface area contributed by atoms with E-state index in [2.05, 4.69) is 4.99 Å². The van der Waals surface area contributed by atoms with Crippen LogP contribution in [0.1, 0.15) is 11.3 Å². The van der Waals surface area contributed by atoms with Gasteiger partial charge in [-0.15, -0.1) is 0 Å². The molecule has 1 aromatic heterocycles. The Morgan fingerprint density at radius 3 is 2.55 bits per heavy atom. The maximum absolute atomic E-state index is 12.9. The highest BCUT2D eigenvalue weighted by molar-refractivity contribution is 8.18. The summed E-state index contributed by atoms with van der Waals surface area (Å²) in [5.41, 5.74) is 0.259. The fourth-order valence-corrected chi connectivity index (χ4v) is 3.77. The fraction of sp³-hybridized carbons (Fsp3) is 0.0909. The summed E-state index contributed by atoms with van der Waals surface area (Å²) in [6, 6.07) is 14.4. The second-order valence-corrected chi connectivity index (χ2v) is 7.68. The van der Waals surface area contributed by atoms with Gasteiger partial charge in [0.1, 0.15) is 17.3 Å². The molecule has 9 heteroatoms. The largest absolute Gasteiger partial charge is 0.508 e. The molecule has 31 heavy (non-hydrogen) atoms. The lowest BCUT2D eigenvalue weighted by molar-refractivity contribution is -0.137. The minimum Gasteiger partial charge on any atom is -0.508 e. The Morgan fingerprint density at radius 2 is 1.84 bits per heavy atom. The van der Waals surface area contributed by atoms with E-state index in [1.165, 1.54) is 30.3 Å². The number of nitrogens with zero attached hydrogens (tertiary/aromatic N) is 2. The molecule has 1 aliphatic rings. The van der Waals surface area contributed by atoms with Crippen molar-refractivity contribution in [2.24, 2.45) is 4.99 Å². The number of thioether (sulfide) groups is 1. The standard InChI is InChI=1S/C22H15F3N2O3S/c1-27(15-5-7-16(28)8-6-15)21-26-20(29)19(31-21)12-17-9-10-18(30-17)13-3-2-4-14(11-13)22(23,24)25/h2-12,28H,1H3. The van der Waals surface area contributed by atoms with Gasteiger partial charge in [-0.05, 0) is 60.3 Å². The second kappa shape index (κ2) is 7.99. The third-order valence-electron chi connectivity index (χ3n) is 4.51. The smallest absolute Gasteiger partial charge is 0.416 e. The van der Waals surface area contributed by atoms with Crippen LogP contribution in [-0.2, 0) is 11.0 Å². The van der Waals surface area contributed by atoms with Crippen molar-refractivity contribution in [3.8, 4) is 17.1 Å². The summed E-state index contributed by atoms with van der Waals surface area (Å²) in [4.78, 5) is 18.4. The number of furan rings is 1. The molecule has 0 unspecified atom stereocenters. The lowest BCUT2D eigenvalue weighted by Gasteiger charge is -2.17. The first-order valence-corrected chi connectivity index (χ1v) is 9.85. The monoisotopic (exact) mass is 444 g/mol. The summed E-state index contributed by atoms with van der Waals surface area (Å²) in [6.07, 6.45) is -2.94. The number of anilines is 1. The van der Waals surface area contributed by atoms with Crippen LogP contribution in [0.25, 0.3) is 17.4 Å². The molecular formula is C22H15F3N2O3S. The SMILES string of the molecule is CN(C1=NC(=O)C(=Cc2ccc(-c3cccc(C(F)(F)F)c3)o2)S1)c1ccc(O)cc1.